The van der Waals surface area contributed by atoms with Gasteiger partial charge in [-0.05, 0) is 12.8 Å². The largest absolute Gasteiger partial charge is 0.460 e. The molecule has 188 valence electrons. The van der Waals surface area contributed by atoms with Crippen molar-refractivity contribution in [3.05, 3.63) is 0 Å². The second-order valence-corrected chi connectivity index (χ2v) is 10.1. The van der Waals surface area contributed by atoms with E-state index < -0.39 is 39.7 Å². The van der Waals surface area contributed by atoms with Crippen molar-refractivity contribution in [2.24, 2.45) is 0 Å². The first-order valence-electron chi connectivity index (χ1n) is 10.1. The molecule has 0 aliphatic carbocycles. The number of unbranched alkanes of at least 4 members (excludes halogenated alkanes) is 7. The fourth-order valence-electron chi connectivity index (χ4n) is 3.22. The maximum absolute atomic E-state index is 14.7. The fraction of sp³-hybridized carbons (Fsp3) is 1.00. The third-order valence-electron chi connectivity index (χ3n) is 5.37. The minimum absolute atomic E-state index is 0.208. The highest BCUT2D eigenvalue weighted by molar-refractivity contribution is 14.1. The van der Waals surface area contributed by atoms with Gasteiger partial charge < -0.3 is 0 Å². The fourth-order valence-corrected chi connectivity index (χ4v) is 4.13. The van der Waals surface area contributed by atoms with Gasteiger partial charge in [0.15, 0.2) is 0 Å². The molecule has 0 saturated carbocycles. The van der Waals surface area contributed by atoms with Crippen molar-refractivity contribution in [2.75, 3.05) is 0 Å². The van der Waals surface area contributed by atoms with E-state index in [1.807, 2.05) is 6.92 Å². The van der Waals surface area contributed by atoms with Gasteiger partial charge in [0.05, 0.1) is 0 Å². The van der Waals surface area contributed by atoms with Crippen LogP contribution >= 0.6 is 22.6 Å². The van der Waals surface area contributed by atoms with E-state index in [9.17, 15) is 48.3 Å². The normalized spacial score (nSPS) is 18.0. The van der Waals surface area contributed by atoms with Crippen molar-refractivity contribution in [1.82, 2.24) is 0 Å². The van der Waals surface area contributed by atoms with Crippen molar-refractivity contribution in [1.29, 1.82) is 0 Å². The smallest absolute Gasteiger partial charge is 0.227 e. The molecule has 0 saturated heterocycles. The van der Waals surface area contributed by atoms with Crippen molar-refractivity contribution in [3.63, 3.8) is 0 Å². The third-order valence-corrected chi connectivity index (χ3v) is 7.05. The van der Waals surface area contributed by atoms with Crippen LogP contribution < -0.4 is 0 Å². The van der Waals surface area contributed by atoms with E-state index in [0.29, 0.717) is 12.8 Å². The van der Waals surface area contributed by atoms with Crippen LogP contribution in [0.15, 0.2) is 0 Å². The third kappa shape index (κ3) is 7.48. The Morgan fingerprint density at radius 1 is 0.548 bits per heavy atom. The summed E-state index contributed by atoms with van der Waals surface area (Å²) in [6.07, 6.45) is -10.2. The van der Waals surface area contributed by atoms with Gasteiger partial charge in [-0.15, -0.1) is 0 Å². The summed E-state index contributed by atoms with van der Waals surface area (Å²) in [7, 11) is 0. The molecule has 0 aliphatic heterocycles. The molecule has 0 rings (SSSR count). The number of rotatable bonds is 14. The lowest BCUT2D eigenvalue weighted by atomic mass is 9.80. The van der Waals surface area contributed by atoms with Gasteiger partial charge in [-0.25, -0.2) is 4.39 Å². The maximum Gasteiger partial charge on any atom is 0.460 e. The lowest BCUT2D eigenvalue weighted by molar-refractivity contribution is -0.413. The molecule has 0 aromatic rings. The molecule has 0 spiro atoms. The lowest BCUT2D eigenvalue weighted by Crippen LogP contribution is -2.68. The van der Waals surface area contributed by atoms with Gasteiger partial charge in [-0.3, -0.25) is 0 Å². The molecule has 0 aromatic carbocycles. The van der Waals surface area contributed by atoms with Gasteiger partial charge in [0.1, 0.15) is 0 Å². The highest BCUT2D eigenvalue weighted by Crippen LogP contribution is 2.60. The molecule has 2 atom stereocenters. The Labute approximate surface area is 188 Å². The Morgan fingerprint density at radius 3 is 1.32 bits per heavy atom. The van der Waals surface area contributed by atoms with Gasteiger partial charge in [0.25, 0.3) is 5.67 Å². The molecule has 0 nitrogen and oxygen atoms in total. The number of alkyl halides is 12. The summed E-state index contributed by atoms with van der Waals surface area (Å²) in [5.74, 6) is -14.2. The summed E-state index contributed by atoms with van der Waals surface area (Å²) in [4.78, 5) is 0. The molecule has 0 bridgehead atoms. The average molecular weight is 592 g/mol. The van der Waals surface area contributed by atoms with Gasteiger partial charge in [0.2, 0.25) is 0 Å². The standard InChI is InChI=1S/C19H28F11I/c1-3-5-6-7-8-9-10-11-12-14(31,4-2)13-15(20,18(25,26)27)16(21,22)17(23,24)19(28,29)30/h3-13H2,1-2H3. The minimum atomic E-state index is -7.20. The van der Waals surface area contributed by atoms with Crippen LogP contribution in [-0.2, 0) is 0 Å². The summed E-state index contributed by atoms with van der Waals surface area (Å²) in [6.45, 7) is 3.28. The lowest BCUT2D eigenvalue weighted by Gasteiger charge is -2.43. The Morgan fingerprint density at radius 2 is 0.968 bits per heavy atom. The highest BCUT2D eigenvalue weighted by atomic mass is 127. The number of halogens is 12. The molecular formula is C19H28F11I. The molecule has 0 aromatic heterocycles. The molecule has 0 aliphatic rings. The van der Waals surface area contributed by atoms with Crippen molar-refractivity contribution in [3.8, 4) is 0 Å². The first-order valence-corrected chi connectivity index (χ1v) is 11.2. The van der Waals surface area contributed by atoms with Crippen molar-refractivity contribution in [2.45, 2.75) is 118 Å². The SMILES string of the molecule is CCCCCCCCCCC(I)(CC)CC(F)(C(F)(F)F)C(F)(F)C(F)(F)C(F)(F)F. The Balaban J connectivity index is 5.48. The van der Waals surface area contributed by atoms with E-state index >= 15 is 0 Å². The van der Waals surface area contributed by atoms with Crippen LogP contribution in [0.1, 0.15) is 84.5 Å². The van der Waals surface area contributed by atoms with Gasteiger partial charge in [-0.1, -0.05) is 87.8 Å². The molecule has 0 N–H and O–H groups in total. The first kappa shape index (κ1) is 31.0. The maximum atomic E-state index is 14.7. The van der Waals surface area contributed by atoms with Crippen molar-refractivity contribution < 1.29 is 48.3 Å². The Hall–Kier alpha value is -0.0400. The molecule has 0 radical (unpaired) electrons. The van der Waals surface area contributed by atoms with E-state index in [4.69, 9.17) is 0 Å². The van der Waals surface area contributed by atoms with E-state index in [1.165, 1.54) is 29.5 Å². The quantitative estimate of drug-likeness (QED) is 0.0816. The molecule has 12 heteroatoms. The monoisotopic (exact) mass is 592 g/mol. The predicted molar refractivity (Wildman–Crippen MR) is 105 cm³/mol. The molecule has 0 amide bonds. The van der Waals surface area contributed by atoms with Gasteiger partial charge in [0, 0.05) is 9.84 Å². The Bertz CT molecular complexity index is 530. The summed E-state index contributed by atoms with van der Waals surface area (Å²) in [5.41, 5.74) is -6.06. The van der Waals surface area contributed by atoms with Crippen LogP contribution in [-0.4, -0.2) is 33.3 Å². The van der Waals surface area contributed by atoms with Crippen LogP contribution in [0.3, 0.4) is 0 Å². The van der Waals surface area contributed by atoms with Crippen LogP contribution in [0.5, 0.6) is 0 Å². The van der Waals surface area contributed by atoms with Crippen LogP contribution in [0.4, 0.5) is 48.3 Å². The zero-order chi connectivity index (χ0) is 24.8. The average Bonchev–Trinajstić information content (AvgIpc) is 2.61. The summed E-state index contributed by atoms with van der Waals surface area (Å²) in [6, 6.07) is 0. The summed E-state index contributed by atoms with van der Waals surface area (Å²) >= 11 is 1.27. The molecule has 0 fully saturated rings. The van der Waals surface area contributed by atoms with E-state index in [0.717, 1.165) is 32.1 Å². The van der Waals surface area contributed by atoms with Crippen LogP contribution in [0.2, 0.25) is 0 Å². The van der Waals surface area contributed by atoms with Crippen molar-refractivity contribution >= 4 is 22.6 Å². The van der Waals surface area contributed by atoms with Crippen LogP contribution in [0.25, 0.3) is 0 Å². The predicted octanol–water partition coefficient (Wildman–Crippen LogP) is 9.59. The highest BCUT2D eigenvalue weighted by Gasteiger charge is 2.86. The topological polar surface area (TPSA) is 0 Å². The van der Waals surface area contributed by atoms with E-state index in [-0.39, 0.29) is 19.3 Å². The second-order valence-electron chi connectivity index (χ2n) is 7.85. The van der Waals surface area contributed by atoms with Gasteiger partial charge in [-0.2, -0.15) is 43.9 Å². The zero-order valence-corrected chi connectivity index (χ0v) is 19.5. The second kappa shape index (κ2) is 11.4. The Kier molecular flexibility index (Phi) is 11.4. The first-order chi connectivity index (χ1) is 13.8. The summed E-state index contributed by atoms with van der Waals surface area (Å²) in [5, 5.41) is 0. The number of hydrogen-bond donors (Lipinski definition) is 0. The molecule has 0 heterocycles. The molecule has 2 unspecified atom stereocenters. The molecular weight excluding hydrogens is 564 g/mol. The van der Waals surface area contributed by atoms with Crippen LogP contribution in [0, 0.1) is 0 Å². The van der Waals surface area contributed by atoms with E-state index in [1.54, 1.807) is 0 Å². The van der Waals surface area contributed by atoms with E-state index in [2.05, 4.69) is 0 Å². The molecule has 31 heavy (non-hydrogen) atoms. The number of hydrogen-bond acceptors (Lipinski definition) is 0. The summed E-state index contributed by atoms with van der Waals surface area (Å²) < 4.78 is 144. The minimum Gasteiger partial charge on any atom is -0.227 e. The zero-order valence-electron chi connectivity index (χ0n) is 17.3. The van der Waals surface area contributed by atoms with Gasteiger partial charge >= 0.3 is 24.2 Å².